The number of rotatable bonds is 4. The molecule has 0 N–H and O–H groups in total. The van der Waals surface area contributed by atoms with Crippen LogP contribution < -0.4 is 0 Å². The molecule has 2 aliphatic rings. The number of carbonyl (C=O) groups excluding carboxylic acids is 1. The van der Waals surface area contributed by atoms with Crippen molar-refractivity contribution in [2.24, 2.45) is 0 Å². The zero-order valence-corrected chi connectivity index (χ0v) is 17.5. The highest BCUT2D eigenvalue weighted by molar-refractivity contribution is 7.18. The molecule has 0 atom stereocenters. The molecule has 2 aromatic carbocycles. The Bertz CT molecular complexity index is 953. The SMILES string of the molecule is O=C(N1CCN(Cc2nc3ccccc3s2)CC1)C1(c2ccccc2)CCCC1. The van der Waals surface area contributed by atoms with Crippen molar-refractivity contribution in [3.8, 4) is 0 Å². The average Bonchev–Trinajstić information content (AvgIpc) is 3.42. The molecule has 0 radical (unpaired) electrons. The first-order valence-corrected chi connectivity index (χ1v) is 11.5. The number of nitrogens with zero attached hydrogens (tertiary/aromatic N) is 3. The summed E-state index contributed by atoms with van der Waals surface area (Å²) in [6, 6.07) is 18.8. The van der Waals surface area contributed by atoms with E-state index in [1.807, 2.05) is 12.1 Å². The number of benzene rings is 2. The Kier molecular flexibility index (Phi) is 5.10. The molecule has 1 saturated carbocycles. The summed E-state index contributed by atoms with van der Waals surface area (Å²) in [7, 11) is 0. The number of carbonyl (C=O) groups is 1. The molecule has 0 unspecified atom stereocenters. The number of thiazole rings is 1. The van der Waals surface area contributed by atoms with Gasteiger partial charge in [0, 0.05) is 26.2 Å². The summed E-state index contributed by atoms with van der Waals surface area (Å²) in [6.45, 7) is 4.36. The zero-order chi connectivity index (χ0) is 19.7. The summed E-state index contributed by atoms with van der Waals surface area (Å²) in [4.78, 5) is 22.9. The molecule has 5 heteroatoms. The van der Waals surface area contributed by atoms with Gasteiger partial charge in [0.25, 0.3) is 0 Å². The van der Waals surface area contributed by atoms with E-state index >= 15 is 0 Å². The van der Waals surface area contributed by atoms with E-state index in [9.17, 15) is 4.79 Å². The highest BCUT2D eigenvalue weighted by Crippen LogP contribution is 2.42. The van der Waals surface area contributed by atoms with Gasteiger partial charge in [-0.05, 0) is 30.5 Å². The molecule has 1 aliphatic heterocycles. The first kappa shape index (κ1) is 18.8. The second-order valence-electron chi connectivity index (χ2n) is 8.30. The quantitative estimate of drug-likeness (QED) is 0.643. The number of para-hydroxylation sites is 1. The first-order valence-electron chi connectivity index (χ1n) is 10.7. The van der Waals surface area contributed by atoms with Gasteiger partial charge in [0.05, 0.1) is 22.2 Å². The van der Waals surface area contributed by atoms with E-state index in [-0.39, 0.29) is 5.41 Å². The fourth-order valence-corrected chi connectivity index (χ4v) is 5.96. The lowest BCUT2D eigenvalue weighted by Crippen LogP contribution is -2.53. The Morgan fingerprint density at radius 2 is 1.62 bits per heavy atom. The van der Waals surface area contributed by atoms with Crippen LogP contribution in [-0.4, -0.2) is 46.9 Å². The molecule has 150 valence electrons. The molecule has 0 spiro atoms. The number of piperazine rings is 1. The topological polar surface area (TPSA) is 36.4 Å². The van der Waals surface area contributed by atoms with Crippen molar-refractivity contribution >= 4 is 27.5 Å². The van der Waals surface area contributed by atoms with E-state index in [2.05, 4.69) is 52.3 Å². The molecule has 1 amide bonds. The molecule has 2 heterocycles. The molecule has 29 heavy (non-hydrogen) atoms. The van der Waals surface area contributed by atoms with Gasteiger partial charge in [0.2, 0.25) is 5.91 Å². The van der Waals surface area contributed by atoms with Crippen LogP contribution in [-0.2, 0) is 16.8 Å². The van der Waals surface area contributed by atoms with E-state index in [1.165, 1.54) is 15.3 Å². The lowest BCUT2D eigenvalue weighted by atomic mass is 9.77. The minimum Gasteiger partial charge on any atom is -0.339 e. The Hall–Kier alpha value is -2.24. The molecule has 3 aromatic rings. The molecule has 4 nitrogen and oxygen atoms in total. The lowest BCUT2D eigenvalue weighted by Gasteiger charge is -2.40. The van der Waals surface area contributed by atoms with Crippen molar-refractivity contribution in [3.05, 3.63) is 65.2 Å². The van der Waals surface area contributed by atoms with Gasteiger partial charge in [-0.2, -0.15) is 0 Å². The van der Waals surface area contributed by atoms with Crippen LogP contribution >= 0.6 is 11.3 Å². The smallest absolute Gasteiger partial charge is 0.233 e. The number of hydrogen-bond acceptors (Lipinski definition) is 4. The Morgan fingerprint density at radius 3 is 2.34 bits per heavy atom. The average molecular weight is 406 g/mol. The third-order valence-electron chi connectivity index (χ3n) is 6.55. The Morgan fingerprint density at radius 1 is 0.931 bits per heavy atom. The lowest BCUT2D eigenvalue weighted by molar-refractivity contribution is -0.139. The molecule has 1 aromatic heterocycles. The second-order valence-corrected chi connectivity index (χ2v) is 9.41. The molecule has 5 rings (SSSR count). The van der Waals surface area contributed by atoms with Gasteiger partial charge in [-0.1, -0.05) is 55.3 Å². The van der Waals surface area contributed by atoms with Crippen molar-refractivity contribution in [3.63, 3.8) is 0 Å². The normalized spacial score (nSPS) is 19.7. The van der Waals surface area contributed by atoms with Gasteiger partial charge in [-0.3, -0.25) is 9.69 Å². The first-order chi connectivity index (χ1) is 14.2. The molecule has 1 aliphatic carbocycles. The fourth-order valence-electron chi connectivity index (χ4n) is 4.95. The summed E-state index contributed by atoms with van der Waals surface area (Å²) >= 11 is 1.78. The highest BCUT2D eigenvalue weighted by Gasteiger charge is 2.45. The maximum absolute atomic E-state index is 13.6. The largest absolute Gasteiger partial charge is 0.339 e. The number of hydrogen-bond donors (Lipinski definition) is 0. The van der Waals surface area contributed by atoms with Crippen LogP contribution in [0.25, 0.3) is 10.2 Å². The zero-order valence-electron chi connectivity index (χ0n) is 16.7. The van der Waals surface area contributed by atoms with Gasteiger partial charge in [0.15, 0.2) is 0 Å². The molecule has 2 fully saturated rings. The summed E-state index contributed by atoms with van der Waals surface area (Å²) in [6.07, 6.45) is 4.28. The van der Waals surface area contributed by atoms with Crippen molar-refractivity contribution in [2.45, 2.75) is 37.6 Å². The minimum absolute atomic E-state index is 0.295. The molecule has 1 saturated heterocycles. The van der Waals surface area contributed by atoms with Gasteiger partial charge in [-0.25, -0.2) is 4.98 Å². The van der Waals surface area contributed by atoms with Crippen LogP contribution in [0.4, 0.5) is 0 Å². The number of aromatic nitrogens is 1. The predicted octanol–water partition coefficient (Wildman–Crippen LogP) is 4.45. The van der Waals surface area contributed by atoms with Crippen LogP contribution in [0.5, 0.6) is 0 Å². The maximum atomic E-state index is 13.6. The van der Waals surface area contributed by atoms with Gasteiger partial charge in [-0.15, -0.1) is 11.3 Å². The van der Waals surface area contributed by atoms with Crippen molar-refractivity contribution in [1.29, 1.82) is 0 Å². The summed E-state index contributed by atoms with van der Waals surface area (Å²) in [5.41, 5.74) is 2.00. The second kappa shape index (κ2) is 7.88. The predicted molar refractivity (Wildman–Crippen MR) is 118 cm³/mol. The highest BCUT2D eigenvalue weighted by atomic mass is 32.1. The summed E-state index contributed by atoms with van der Waals surface area (Å²) < 4.78 is 1.25. The molecular weight excluding hydrogens is 378 g/mol. The number of fused-ring (bicyclic) bond motifs is 1. The van der Waals surface area contributed by atoms with Crippen molar-refractivity contribution in [1.82, 2.24) is 14.8 Å². The monoisotopic (exact) mass is 405 g/mol. The van der Waals surface area contributed by atoms with Gasteiger partial charge in [0.1, 0.15) is 5.01 Å². The van der Waals surface area contributed by atoms with Crippen molar-refractivity contribution in [2.75, 3.05) is 26.2 Å². The van der Waals surface area contributed by atoms with E-state index in [0.717, 1.165) is 63.9 Å². The van der Waals surface area contributed by atoms with Crippen LogP contribution in [0.2, 0.25) is 0 Å². The van der Waals surface area contributed by atoms with Crippen LogP contribution in [0.3, 0.4) is 0 Å². The Labute approximate surface area is 176 Å². The fraction of sp³-hybridized carbons (Fsp3) is 0.417. The summed E-state index contributed by atoms with van der Waals surface area (Å²) in [5.74, 6) is 0.348. The Balaban J connectivity index is 1.25. The van der Waals surface area contributed by atoms with Gasteiger partial charge >= 0.3 is 0 Å². The maximum Gasteiger partial charge on any atom is 0.233 e. The van der Waals surface area contributed by atoms with E-state index in [0.29, 0.717) is 5.91 Å². The standard InChI is InChI=1S/C24H27N3OS/c28-23(24(12-6-7-13-24)19-8-2-1-3-9-19)27-16-14-26(15-17-27)18-22-25-20-10-4-5-11-21(20)29-22/h1-5,8-11H,6-7,12-18H2. The van der Waals surface area contributed by atoms with E-state index < -0.39 is 0 Å². The van der Waals surface area contributed by atoms with Crippen LogP contribution in [0, 0.1) is 0 Å². The minimum atomic E-state index is -0.295. The van der Waals surface area contributed by atoms with Gasteiger partial charge < -0.3 is 4.90 Å². The van der Waals surface area contributed by atoms with Crippen molar-refractivity contribution < 1.29 is 4.79 Å². The molecule has 0 bridgehead atoms. The summed E-state index contributed by atoms with van der Waals surface area (Å²) in [5, 5.41) is 1.17. The molecular formula is C24H27N3OS. The van der Waals surface area contributed by atoms with E-state index in [4.69, 9.17) is 4.98 Å². The van der Waals surface area contributed by atoms with Crippen LogP contribution in [0.15, 0.2) is 54.6 Å². The third-order valence-corrected chi connectivity index (χ3v) is 7.57. The number of amides is 1. The third kappa shape index (κ3) is 3.58. The van der Waals surface area contributed by atoms with Crippen LogP contribution in [0.1, 0.15) is 36.3 Å². The van der Waals surface area contributed by atoms with E-state index in [1.54, 1.807) is 11.3 Å².